The van der Waals surface area contributed by atoms with Crippen LogP contribution in [0.4, 0.5) is 0 Å². The van der Waals surface area contributed by atoms with Gasteiger partial charge < -0.3 is 48.7 Å². The number of aromatic carboxylic acids is 1. The lowest BCUT2D eigenvalue weighted by Gasteiger charge is -2.62. The van der Waals surface area contributed by atoms with Gasteiger partial charge in [0.15, 0.2) is 23.4 Å². The zero-order valence-electron chi connectivity index (χ0n) is 43.0. The number of ketones is 1. The topological polar surface area (TPSA) is 231 Å². The number of aromatic nitrogens is 5. The number of rotatable bonds is 30. The lowest BCUT2D eigenvalue weighted by Crippen LogP contribution is -2.76. The number of nitrogens with one attached hydrogen (secondary N) is 2. The first-order valence-electron chi connectivity index (χ1n) is 26.2. The summed E-state index contributed by atoms with van der Waals surface area (Å²) in [6.45, 7) is 14.5. The molecule has 4 N–H and O–H groups in total. The predicted octanol–water partition coefficient (Wildman–Crippen LogP) is 6.30. The third-order valence-electron chi connectivity index (χ3n) is 15.0. The molecule has 2 fully saturated rings. The molecule has 1 spiro atoms. The molecule has 1 saturated carbocycles. The fourth-order valence-electron chi connectivity index (χ4n) is 11.3. The molecule has 75 heavy (non-hydrogen) atoms. The highest BCUT2D eigenvalue weighted by molar-refractivity contribution is 5.93. The average Bonchev–Trinajstić information content (AvgIpc) is 4.14. The number of Topliss-reactive ketones (excluding diaryl/α,β-unsaturated/α-hetero) is 1. The number of carboxylic acids is 1. The van der Waals surface area contributed by atoms with Gasteiger partial charge in [-0.05, 0) is 119 Å². The number of carbonyl (C=O) groups excluding carboxylic acids is 2. The summed E-state index contributed by atoms with van der Waals surface area (Å²) in [6.07, 6.45) is 10.1. The molecule has 1 saturated heterocycles. The number of aromatic amines is 1. The minimum Gasteiger partial charge on any atom is -0.493 e. The van der Waals surface area contributed by atoms with Crippen molar-refractivity contribution in [3.05, 3.63) is 118 Å². The number of likely N-dealkylation sites (tertiary alicyclic amines) is 1. The largest absolute Gasteiger partial charge is 0.493 e. The van der Waals surface area contributed by atoms with Gasteiger partial charge in [0.2, 0.25) is 0 Å². The Balaban J connectivity index is 0.601. The summed E-state index contributed by atoms with van der Waals surface area (Å²) in [7, 11) is 0. The molecule has 2 aromatic heterocycles. The molecule has 19 nitrogen and oxygen atoms in total. The summed E-state index contributed by atoms with van der Waals surface area (Å²) in [6, 6.07) is 15.0. The Kier molecular flexibility index (Phi) is 17.3. The molecular formula is C56H69N7O12. The lowest BCUT2D eigenvalue weighted by atomic mass is 9.49. The minimum absolute atomic E-state index is 0.0325. The van der Waals surface area contributed by atoms with Gasteiger partial charge in [0, 0.05) is 49.4 Å². The van der Waals surface area contributed by atoms with Crippen molar-refractivity contribution in [1.82, 2.24) is 35.4 Å². The number of aliphatic hydroxyl groups is 1. The molecule has 1 unspecified atom stereocenters. The standard InChI is InChI=1S/C56H69N7O12/c1-4-22-62-23-19-55-50-40-13-16-48(51(50)75-52(55)47(64)17-18-56(55,68)49(62)33-40)74-54(67)39-11-14-43(15-12-39)73-36-42-35-63(61-60-42)24-28-70-30-29-69-27-21-57-20-7-5-6-8-25-71-44-31-41(53(65)66)32-45(34-44)72-26-9-10-46-37(2)58-59-38(46)3/h4,11-16,31-32,34-35,49,52,57,68H,1,5-10,17-30,33,36H2,2-3H3,(H,58,59)(H,65,66)/t49?,52-,55-,56+/m0/s1. The first-order valence-corrected chi connectivity index (χ1v) is 26.2. The van der Waals surface area contributed by atoms with Crippen molar-refractivity contribution in [1.29, 1.82) is 0 Å². The molecule has 5 aromatic rings. The summed E-state index contributed by atoms with van der Waals surface area (Å²) in [5, 5.41) is 41.0. The van der Waals surface area contributed by atoms with Crippen LogP contribution in [-0.4, -0.2) is 142 Å². The smallest absolute Gasteiger partial charge is 0.343 e. The maximum absolute atomic E-state index is 13.5. The number of ether oxygens (including phenoxy) is 7. The van der Waals surface area contributed by atoms with Crippen LogP contribution >= 0.6 is 0 Å². The molecule has 4 heterocycles. The zero-order valence-corrected chi connectivity index (χ0v) is 43.0. The predicted molar refractivity (Wildman–Crippen MR) is 275 cm³/mol. The zero-order chi connectivity index (χ0) is 52.4. The second-order valence-electron chi connectivity index (χ2n) is 19.8. The Morgan fingerprint density at radius 1 is 0.893 bits per heavy atom. The van der Waals surface area contributed by atoms with E-state index in [-0.39, 0.29) is 36.2 Å². The van der Waals surface area contributed by atoms with Gasteiger partial charge in [-0.2, -0.15) is 5.10 Å². The van der Waals surface area contributed by atoms with Gasteiger partial charge in [0.05, 0.1) is 80.2 Å². The molecular weight excluding hydrogens is 963 g/mol. The number of H-pyrrole nitrogens is 1. The Labute approximate surface area is 436 Å². The van der Waals surface area contributed by atoms with Crippen molar-refractivity contribution in [2.45, 2.75) is 114 Å². The van der Waals surface area contributed by atoms with Crippen LogP contribution in [0.1, 0.15) is 106 Å². The molecule has 19 heteroatoms. The molecule has 0 radical (unpaired) electrons. The number of carbonyl (C=O) groups is 3. The van der Waals surface area contributed by atoms with E-state index in [1.54, 1.807) is 47.3 Å². The maximum Gasteiger partial charge on any atom is 0.343 e. The fourth-order valence-corrected chi connectivity index (χ4v) is 11.3. The van der Waals surface area contributed by atoms with Crippen molar-refractivity contribution in [3.63, 3.8) is 0 Å². The van der Waals surface area contributed by atoms with Crippen molar-refractivity contribution in [3.8, 4) is 28.7 Å². The molecule has 9 rings (SSSR count). The SMILES string of the molecule is C=CCN1CC[C@]23c4c5ccc(OC(=O)c6ccc(OCc7cn(CCOCCOCCNCCCCCCOc8cc(OCCCc9c(C)n[nH]c9C)cc(C(=O)O)c8)nn7)cc6)c4O[C@H]2C(=O)CC[C@@]3(O)C1C5. The molecule has 0 amide bonds. The van der Waals surface area contributed by atoms with Crippen LogP contribution < -0.4 is 29.0 Å². The van der Waals surface area contributed by atoms with Crippen LogP contribution in [0, 0.1) is 13.8 Å². The van der Waals surface area contributed by atoms with Gasteiger partial charge in [0.25, 0.3) is 0 Å². The number of esters is 1. The van der Waals surface area contributed by atoms with E-state index in [1.165, 1.54) is 17.7 Å². The Hall–Kier alpha value is -6.64. The van der Waals surface area contributed by atoms with Crippen molar-refractivity contribution in [2.24, 2.45) is 0 Å². The van der Waals surface area contributed by atoms with Gasteiger partial charge in [-0.25, -0.2) is 14.3 Å². The van der Waals surface area contributed by atoms with E-state index in [0.29, 0.717) is 113 Å². The number of nitrogens with zero attached hydrogens (tertiary/aromatic N) is 5. The number of unbranched alkanes of at least 4 members (excludes halogenated alkanes) is 3. The van der Waals surface area contributed by atoms with Crippen LogP contribution in [0.5, 0.6) is 28.7 Å². The number of hydrogen-bond donors (Lipinski definition) is 4. The Morgan fingerprint density at radius 2 is 1.67 bits per heavy atom. The van der Waals surface area contributed by atoms with E-state index in [1.807, 2.05) is 26.0 Å². The molecule has 4 atom stereocenters. The summed E-state index contributed by atoms with van der Waals surface area (Å²) >= 11 is 0. The number of aryl methyl sites for hydroxylation is 2. The van der Waals surface area contributed by atoms with Gasteiger partial charge in [-0.3, -0.25) is 14.8 Å². The Morgan fingerprint density at radius 3 is 2.43 bits per heavy atom. The third kappa shape index (κ3) is 11.9. The van der Waals surface area contributed by atoms with Crippen LogP contribution in [-0.2, 0) is 45.7 Å². The number of hydrogen-bond acceptors (Lipinski definition) is 16. The molecule has 4 aliphatic rings. The first-order chi connectivity index (χ1) is 36.5. The van der Waals surface area contributed by atoms with Crippen molar-refractivity contribution < 1.29 is 57.8 Å². The van der Waals surface area contributed by atoms with Gasteiger partial charge in [0.1, 0.15) is 29.5 Å². The Bertz CT molecular complexity index is 2780. The van der Waals surface area contributed by atoms with Crippen LogP contribution in [0.25, 0.3) is 0 Å². The van der Waals surface area contributed by atoms with Crippen molar-refractivity contribution >= 4 is 17.7 Å². The number of carboxylic acid groups (broad SMARTS) is 1. The molecule has 3 aromatic carbocycles. The molecule has 2 aliphatic heterocycles. The molecule has 2 aliphatic carbocycles. The normalized spacial score (nSPS) is 20.3. The van der Waals surface area contributed by atoms with Crippen molar-refractivity contribution in [2.75, 3.05) is 65.8 Å². The van der Waals surface area contributed by atoms with E-state index in [9.17, 15) is 24.6 Å². The highest BCUT2D eigenvalue weighted by Gasteiger charge is 2.73. The monoisotopic (exact) mass is 1030 g/mol. The minimum atomic E-state index is -1.15. The van der Waals surface area contributed by atoms with Crippen LogP contribution in [0.3, 0.4) is 0 Å². The summed E-state index contributed by atoms with van der Waals surface area (Å²) in [5.41, 5.74) is 4.10. The van der Waals surface area contributed by atoms with E-state index in [2.05, 4.69) is 37.3 Å². The summed E-state index contributed by atoms with van der Waals surface area (Å²) < 4.78 is 43.2. The van der Waals surface area contributed by atoms with Gasteiger partial charge >= 0.3 is 11.9 Å². The molecule has 400 valence electrons. The third-order valence-corrected chi connectivity index (χ3v) is 15.0. The summed E-state index contributed by atoms with van der Waals surface area (Å²) in [4.78, 5) is 40.8. The lowest BCUT2D eigenvalue weighted by molar-refractivity contribution is -0.187. The van der Waals surface area contributed by atoms with Gasteiger partial charge in [-0.1, -0.05) is 30.2 Å². The second kappa shape index (κ2) is 24.4. The summed E-state index contributed by atoms with van der Waals surface area (Å²) in [5.74, 6) is 0.502. The highest BCUT2D eigenvalue weighted by atomic mass is 16.6. The number of benzene rings is 3. The molecule has 2 bridgehead atoms. The van der Waals surface area contributed by atoms with E-state index in [4.69, 9.17) is 33.2 Å². The van der Waals surface area contributed by atoms with Crippen LogP contribution in [0.15, 0.2) is 73.4 Å². The van der Waals surface area contributed by atoms with E-state index in [0.717, 1.165) is 74.1 Å². The first kappa shape index (κ1) is 53.2. The maximum atomic E-state index is 13.5. The van der Waals surface area contributed by atoms with Crippen LogP contribution in [0.2, 0.25) is 0 Å². The van der Waals surface area contributed by atoms with Gasteiger partial charge in [-0.15, -0.1) is 11.7 Å². The number of piperidine rings is 1. The fraction of sp³-hybridized carbons (Fsp3) is 0.500. The quantitative estimate of drug-likeness (QED) is 0.0171. The highest BCUT2D eigenvalue weighted by Crippen LogP contribution is 2.65. The van der Waals surface area contributed by atoms with E-state index < -0.39 is 29.1 Å². The second-order valence-corrected chi connectivity index (χ2v) is 19.8. The average molecular weight is 1030 g/mol. The van der Waals surface area contributed by atoms with E-state index >= 15 is 0 Å².